The molecule has 0 bridgehead atoms. The summed E-state index contributed by atoms with van der Waals surface area (Å²) < 4.78 is 59.9. The maximum Gasteiger partial charge on any atom is 0.258 e. The van der Waals surface area contributed by atoms with Crippen LogP contribution in [0.3, 0.4) is 0 Å². The average Bonchev–Trinajstić information content (AvgIpc) is 3.61. The third-order valence-corrected chi connectivity index (χ3v) is 9.46. The molecule has 3 aliphatic rings. The second kappa shape index (κ2) is 11.3. The number of rotatable bonds is 10. The number of aliphatic hydroxyl groups is 1. The van der Waals surface area contributed by atoms with Crippen LogP contribution in [0.25, 0.3) is 0 Å². The number of aryl methyl sites for hydroxylation is 1. The standard InChI is InChI=1S/C27H36F2N6O5S/c1-18-13-23(32-25(30-18)34-9-6-27(28,29)7-10-34)31-24(37)21-4-3-20(33-41(38,39)12-11-36)14-22(21)35-8-5-26(17-40-2)15-19(26)16-35/h3-4,13-14,19,33,36H,5-12,15-17H2,1-2H3,(H,30,31,32,37)/t19-,26-/m1/s1. The summed E-state index contributed by atoms with van der Waals surface area (Å²) in [4.78, 5) is 26.2. The van der Waals surface area contributed by atoms with Crippen LogP contribution in [-0.4, -0.2) is 87.6 Å². The number of methoxy groups -OCH3 is 1. The van der Waals surface area contributed by atoms with Crippen LogP contribution in [0.2, 0.25) is 0 Å². The van der Waals surface area contributed by atoms with E-state index < -0.39 is 34.2 Å². The number of halogens is 2. The molecule has 3 N–H and O–H groups in total. The molecule has 0 spiro atoms. The van der Waals surface area contributed by atoms with E-state index in [-0.39, 0.29) is 48.8 Å². The van der Waals surface area contributed by atoms with E-state index in [9.17, 15) is 22.0 Å². The smallest absolute Gasteiger partial charge is 0.258 e. The molecule has 3 heterocycles. The zero-order valence-corrected chi connectivity index (χ0v) is 24.0. The van der Waals surface area contributed by atoms with Gasteiger partial charge in [-0.25, -0.2) is 22.2 Å². The van der Waals surface area contributed by atoms with Crippen molar-refractivity contribution in [3.63, 3.8) is 0 Å². The minimum atomic E-state index is -3.77. The summed E-state index contributed by atoms with van der Waals surface area (Å²) in [6.07, 6.45) is 1.35. The van der Waals surface area contributed by atoms with E-state index in [1.54, 1.807) is 37.1 Å². The second-order valence-electron chi connectivity index (χ2n) is 11.3. The Morgan fingerprint density at radius 1 is 1.15 bits per heavy atom. The van der Waals surface area contributed by atoms with E-state index >= 15 is 0 Å². The van der Waals surface area contributed by atoms with E-state index in [1.807, 2.05) is 0 Å². The van der Waals surface area contributed by atoms with Gasteiger partial charge in [0.15, 0.2) is 0 Å². The zero-order chi connectivity index (χ0) is 29.4. The molecule has 3 fully saturated rings. The number of hydrogen-bond acceptors (Lipinski definition) is 9. The summed E-state index contributed by atoms with van der Waals surface area (Å²) in [5.41, 5.74) is 1.94. The number of amides is 1. The molecule has 5 rings (SSSR count). The summed E-state index contributed by atoms with van der Waals surface area (Å²) >= 11 is 0. The number of nitrogens with one attached hydrogen (secondary N) is 2. The lowest BCUT2D eigenvalue weighted by Crippen LogP contribution is -2.40. The van der Waals surface area contributed by atoms with Crippen LogP contribution in [-0.2, 0) is 14.8 Å². The van der Waals surface area contributed by atoms with Crippen molar-refractivity contribution < 1.29 is 31.8 Å². The van der Waals surface area contributed by atoms with Crippen LogP contribution >= 0.6 is 0 Å². The molecule has 2 atom stereocenters. The maximum atomic E-state index is 13.7. The number of anilines is 4. The van der Waals surface area contributed by atoms with Gasteiger partial charge in [0.1, 0.15) is 5.82 Å². The average molecular weight is 595 g/mol. The quantitative estimate of drug-likeness (QED) is 0.379. The Balaban J connectivity index is 1.39. The minimum Gasteiger partial charge on any atom is -0.395 e. The van der Waals surface area contributed by atoms with Gasteiger partial charge >= 0.3 is 0 Å². The number of aliphatic hydroxyl groups excluding tert-OH is 1. The van der Waals surface area contributed by atoms with Crippen LogP contribution in [0.15, 0.2) is 24.3 Å². The van der Waals surface area contributed by atoms with Crippen LogP contribution in [0.4, 0.5) is 31.9 Å². The van der Waals surface area contributed by atoms with Crippen molar-refractivity contribution in [3.8, 4) is 0 Å². The first-order valence-electron chi connectivity index (χ1n) is 13.7. The Morgan fingerprint density at radius 2 is 1.88 bits per heavy atom. The first kappa shape index (κ1) is 29.4. The highest BCUT2D eigenvalue weighted by Crippen LogP contribution is 2.58. The van der Waals surface area contributed by atoms with Crippen molar-refractivity contribution in [2.45, 2.75) is 38.5 Å². The van der Waals surface area contributed by atoms with Crippen LogP contribution in [0.1, 0.15) is 41.7 Å². The lowest BCUT2D eigenvalue weighted by Gasteiger charge is -2.34. The highest BCUT2D eigenvalue weighted by molar-refractivity contribution is 7.92. The maximum absolute atomic E-state index is 13.7. The predicted molar refractivity (Wildman–Crippen MR) is 151 cm³/mol. The Labute approximate surface area is 238 Å². The molecular formula is C27H36F2N6O5S. The lowest BCUT2D eigenvalue weighted by molar-refractivity contribution is -0.0222. The fourth-order valence-corrected chi connectivity index (χ4v) is 6.67. The van der Waals surface area contributed by atoms with Crippen molar-refractivity contribution in [3.05, 3.63) is 35.5 Å². The van der Waals surface area contributed by atoms with Gasteiger partial charge in [-0.05, 0) is 43.9 Å². The monoisotopic (exact) mass is 594 g/mol. The Bertz CT molecular complexity index is 1400. The van der Waals surface area contributed by atoms with Gasteiger partial charge in [0, 0.05) is 63.3 Å². The molecule has 2 saturated heterocycles. The summed E-state index contributed by atoms with van der Waals surface area (Å²) in [5, 5.41) is 11.9. The number of fused-ring (bicyclic) bond motifs is 1. The van der Waals surface area contributed by atoms with Gasteiger partial charge in [-0.1, -0.05) is 0 Å². The summed E-state index contributed by atoms with van der Waals surface area (Å²) in [6.45, 7) is 3.51. The molecule has 14 heteroatoms. The Morgan fingerprint density at radius 3 is 2.56 bits per heavy atom. The number of ether oxygens (including phenoxy) is 1. The summed E-state index contributed by atoms with van der Waals surface area (Å²) in [7, 11) is -2.07. The predicted octanol–water partition coefficient (Wildman–Crippen LogP) is 2.87. The van der Waals surface area contributed by atoms with Crippen LogP contribution in [0, 0.1) is 18.3 Å². The van der Waals surface area contributed by atoms with E-state index in [4.69, 9.17) is 9.84 Å². The Kier molecular flexibility index (Phi) is 8.09. The highest BCUT2D eigenvalue weighted by Gasteiger charge is 2.56. The number of carbonyl (C=O) groups excluding carboxylic acids is 1. The van der Waals surface area contributed by atoms with E-state index in [2.05, 4.69) is 24.9 Å². The van der Waals surface area contributed by atoms with Gasteiger partial charge in [-0.3, -0.25) is 9.52 Å². The highest BCUT2D eigenvalue weighted by atomic mass is 32.2. The number of piperidine rings is 2. The van der Waals surface area contributed by atoms with Crippen molar-refractivity contribution in [1.82, 2.24) is 9.97 Å². The molecule has 0 radical (unpaired) electrons. The van der Waals surface area contributed by atoms with Crippen LogP contribution in [0.5, 0.6) is 0 Å². The van der Waals surface area contributed by atoms with Crippen molar-refractivity contribution >= 4 is 39.1 Å². The first-order valence-corrected chi connectivity index (χ1v) is 15.4. The van der Waals surface area contributed by atoms with Gasteiger partial charge in [-0.15, -0.1) is 0 Å². The normalized spacial score (nSPS) is 23.6. The van der Waals surface area contributed by atoms with Gasteiger partial charge in [-0.2, -0.15) is 4.98 Å². The zero-order valence-electron chi connectivity index (χ0n) is 23.2. The minimum absolute atomic E-state index is 0.113. The molecule has 1 amide bonds. The second-order valence-corrected chi connectivity index (χ2v) is 13.1. The largest absolute Gasteiger partial charge is 0.395 e. The molecule has 2 aliphatic heterocycles. The number of hydrogen-bond donors (Lipinski definition) is 3. The van der Waals surface area contributed by atoms with Crippen LogP contribution < -0.4 is 19.8 Å². The molecule has 224 valence electrons. The summed E-state index contributed by atoms with van der Waals surface area (Å²) in [6, 6.07) is 6.32. The van der Waals surface area contributed by atoms with Gasteiger partial charge < -0.3 is 25.0 Å². The van der Waals surface area contributed by atoms with Crippen molar-refractivity contribution in [1.29, 1.82) is 0 Å². The fourth-order valence-electron chi connectivity index (χ4n) is 5.84. The molecule has 1 aliphatic carbocycles. The van der Waals surface area contributed by atoms with E-state index in [1.165, 1.54) is 6.07 Å². The number of alkyl halides is 2. The molecule has 1 aromatic heterocycles. The molecule has 11 nitrogen and oxygen atoms in total. The van der Waals surface area contributed by atoms with E-state index in [0.717, 1.165) is 12.8 Å². The van der Waals surface area contributed by atoms with E-state index in [0.29, 0.717) is 42.6 Å². The number of nitrogens with zero attached hydrogens (tertiary/aromatic N) is 4. The SMILES string of the molecule is COC[C@]12CCN(c3cc(NS(=O)(=O)CCO)ccc3C(=O)Nc3cc(C)nc(N4CCC(F)(F)CC4)n3)C[C@H]1C2. The molecular weight excluding hydrogens is 558 g/mol. The number of sulfonamides is 1. The first-order chi connectivity index (χ1) is 19.4. The lowest BCUT2D eigenvalue weighted by atomic mass is 9.95. The topological polar surface area (TPSA) is 137 Å². The van der Waals surface area contributed by atoms with Crippen molar-refractivity contribution in [2.75, 3.05) is 72.1 Å². The van der Waals surface area contributed by atoms with Gasteiger partial charge in [0.05, 0.1) is 35.9 Å². The summed E-state index contributed by atoms with van der Waals surface area (Å²) in [5.74, 6) is -2.66. The number of aromatic nitrogens is 2. The molecule has 41 heavy (non-hydrogen) atoms. The van der Waals surface area contributed by atoms with Gasteiger partial charge in [0.25, 0.3) is 11.8 Å². The number of benzene rings is 1. The number of carbonyl (C=O) groups is 1. The third-order valence-electron chi connectivity index (χ3n) is 8.19. The van der Waals surface area contributed by atoms with Gasteiger partial charge in [0.2, 0.25) is 16.0 Å². The third kappa shape index (κ3) is 6.70. The van der Waals surface area contributed by atoms with Crippen molar-refractivity contribution in [2.24, 2.45) is 11.3 Å². The molecule has 2 aromatic rings. The molecule has 0 unspecified atom stereocenters. The molecule has 1 aromatic carbocycles. The molecule has 1 saturated carbocycles. The Hall–Kier alpha value is -3.10. The fraction of sp³-hybridized carbons (Fsp3) is 0.593.